The van der Waals surface area contributed by atoms with Crippen molar-refractivity contribution in [3.05, 3.63) is 34.9 Å². The third-order valence-corrected chi connectivity index (χ3v) is 3.29. The van der Waals surface area contributed by atoms with Crippen LogP contribution < -0.4 is 5.73 Å². The van der Waals surface area contributed by atoms with Crippen LogP contribution >= 0.6 is 0 Å². The normalized spacial score (nSPS) is 24.2. The Balaban J connectivity index is 1.81. The third-order valence-electron chi connectivity index (χ3n) is 3.29. The molecule has 2 rings (SSSR count). The summed E-state index contributed by atoms with van der Waals surface area (Å²) in [5.74, 6) is 0.698. The number of nitrogens with two attached hydrogens (primary N) is 1. The van der Waals surface area contributed by atoms with E-state index in [4.69, 9.17) is 10.5 Å². The van der Waals surface area contributed by atoms with Crippen LogP contribution in [0, 0.1) is 19.8 Å². The molecule has 0 heterocycles. The molecule has 88 valence electrons. The summed E-state index contributed by atoms with van der Waals surface area (Å²) in [4.78, 5) is 0. The number of hydrogen-bond acceptors (Lipinski definition) is 2. The van der Waals surface area contributed by atoms with Gasteiger partial charge in [0.15, 0.2) is 0 Å². The summed E-state index contributed by atoms with van der Waals surface area (Å²) in [6.45, 7) is 5.81. The fourth-order valence-electron chi connectivity index (χ4n) is 2.37. The van der Waals surface area contributed by atoms with Crippen molar-refractivity contribution in [2.75, 3.05) is 6.54 Å². The average molecular weight is 219 g/mol. The predicted molar refractivity (Wildman–Crippen MR) is 66.3 cm³/mol. The summed E-state index contributed by atoms with van der Waals surface area (Å²) in [6.07, 6.45) is 2.72. The van der Waals surface area contributed by atoms with E-state index in [2.05, 4.69) is 32.0 Å². The maximum Gasteiger partial charge on any atom is 0.0720 e. The van der Waals surface area contributed by atoms with E-state index in [1.54, 1.807) is 0 Å². The van der Waals surface area contributed by atoms with Crippen molar-refractivity contribution >= 4 is 0 Å². The largest absolute Gasteiger partial charge is 0.374 e. The molecule has 2 N–H and O–H groups in total. The number of aryl methyl sites for hydroxylation is 2. The Morgan fingerprint density at radius 3 is 2.38 bits per heavy atom. The van der Waals surface area contributed by atoms with E-state index in [0.29, 0.717) is 12.0 Å². The molecule has 0 saturated heterocycles. The van der Waals surface area contributed by atoms with Gasteiger partial charge in [-0.2, -0.15) is 0 Å². The minimum atomic E-state index is 0.439. The van der Waals surface area contributed by atoms with Gasteiger partial charge in [0.2, 0.25) is 0 Å². The van der Waals surface area contributed by atoms with Gasteiger partial charge in [-0.25, -0.2) is 0 Å². The van der Waals surface area contributed by atoms with Crippen LogP contribution in [0.3, 0.4) is 0 Å². The molecule has 2 nitrogen and oxygen atoms in total. The molecule has 0 aromatic heterocycles. The highest BCUT2D eigenvalue weighted by Crippen LogP contribution is 2.29. The predicted octanol–water partition coefficient (Wildman–Crippen LogP) is 2.56. The molecule has 1 aromatic rings. The van der Waals surface area contributed by atoms with Crippen molar-refractivity contribution in [1.82, 2.24) is 0 Å². The second-order valence-corrected chi connectivity index (χ2v) is 5.00. The van der Waals surface area contributed by atoms with Gasteiger partial charge in [0, 0.05) is 0 Å². The quantitative estimate of drug-likeness (QED) is 0.844. The highest BCUT2D eigenvalue weighted by atomic mass is 16.5. The second-order valence-electron chi connectivity index (χ2n) is 5.00. The molecule has 0 unspecified atom stereocenters. The molecular formula is C14H21NO. The topological polar surface area (TPSA) is 35.2 Å². The van der Waals surface area contributed by atoms with E-state index in [1.165, 1.54) is 16.7 Å². The lowest BCUT2D eigenvalue weighted by atomic mass is 9.82. The zero-order valence-corrected chi connectivity index (χ0v) is 10.2. The molecule has 1 aliphatic rings. The Labute approximate surface area is 97.8 Å². The standard InChI is InChI=1S/C14H21NO/c1-10-3-11(2)5-13(4-10)9-16-14-6-12(7-14)8-15/h3-5,12,14H,6-9,15H2,1-2H3. The molecule has 0 aliphatic heterocycles. The van der Waals surface area contributed by atoms with Crippen LogP contribution in [0.5, 0.6) is 0 Å². The molecule has 0 spiro atoms. The number of benzene rings is 1. The lowest BCUT2D eigenvalue weighted by Crippen LogP contribution is -2.35. The van der Waals surface area contributed by atoms with Gasteiger partial charge in [0.1, 0.15) is 0 Å². The van der Waals surface area contributed by atoms with E-state index in [-0.39, 0.29) is 0 Å². The molecule has 1 saturated carbocycles. The van der Waals surface area contributed by atoms with E-state index in [0.717, 1.165) is 26.0 Å². The molecule has 1 aromatic carbocycles. The molecule has 0 amide bonds. The van der Waals surface area contributed by atoms with Crippen LogP contribution in [-0.4, -0.2) is 12.6 Å². The third kappa shape index (κ3) is 2.83. The highest BCUT2D eigenvalue weighted by molar-refractivity contribution is 5.28. The Kier molecular flexibility index (Phi) is 3.62. The van der Waals surface area contributed by atoms with Gasteiger partial charge in [-0.15, -0.1) is 0 Å². The maximum atomic E-state index is 5.85. The van der Waals surface area contributed by atoms with E-state index in [9.17, 15) is 0 Å². The van der Waals surface area contributed by atoms with Crippen molar-refractivity contribution in [3.63, 3.8) is 0 Å². The summed E-state index contributed by atoms with van der Waals surface area (Å²) in [5, 5.41) is 0. The van der Waals surface area contributed by atoms with Gasteiger partial charge >= 0.3 is 0 Å². The van der Waals surface area contributed by atoms with Crippen molar-refractivity contribution in [2.24, 2.45) is 11.7 Å². The second kappa shape index (κ2) is 4.98. The van der Waals surface area contributed by atoms with Crippen LogP contribution in [0.15, 0.2) is 18.2 Å². The summed E-state index contributed by atoms with van der Waals surface area (Å²) >= 11 is 0. The average Bonchev–Trinajstić information content (AvgIpc) is 2.14. The fraction of sp³-hybridized carbons (Fsp3) is 0.571. The minimum Gasteiger partial charge on any atom is -0.374 e. The van der Waals surface area contributed by atoms with Gasteiger partial charge in [-0.05, 0) is 44.7 Å². The fourth-order valence-corrected chi connectivity index (χ4v) is 2.37. The lowest BCUT2D eigenvalue weighted by Gasteiger charge is -2.34. The summed E-state index contributed by atoms with van der Waals surface area (Å²) in [6, 6.07) is 6.59. The molecule has 0 bridgehead atoms. The van der Waals surface area contributed by atoms with Gasteiger partial charge in [-0.1, -0.05) is 29.3 Å². The van der Waals surface area contributed by atoms with Crippen LogP contribution in [0.25, 0.3) is 0 Å². The van der Waals surface area contributed by atoms with E-state index in [1.807, 2.05) is 0 Å². The van der Waals surface area contributed by atoms with E-state index >= 15 is 0 Å². The molecule has 0 radical (unpaired) electrons. The van der Waals surface area contributed by atoms with Gasteiger partial charge in [0.05, 0.1) is 12.7 Å². The zero-order chi connectivity index (χ0) is 11.5. The first-order chi connectivity index (χ1) is 7.67. The smallest absolute Gasteiger partial charge is 0.0720 e. The van der Waals surface area contributed by atoms with Crippen molar-refractivity contribution in [2.45, 2.75) is 39.4 Å². The van der Waals surface area contributed by atoms with E-state index < -0.39 is 0 Å². The van der Waals surface area contributed by atoms with Crippen LogP contribution in [0.1, 0.15) is 29.5 Å². The first-order valence-electron chi connectivity index (χ1n) is 6.06. The Morgan fingerprint density at radius 2 is 1.81 bits per heavy atom. The maximum absolute atomic E-state index is 5.85. The monoisotopic (exact) mass is 219 g/mol. The van der Waals surface area contributed by atoms with Crippen molar-refractivity contribution in [3.8, 4) is 0 Å². The van der Waals surface area contributed by atoms with Gasteiger partial charge in [-0.3, -0.25) is 0 Å². The lowest BCUT2D eigenvalue weighted by molar-refractivity contribution is -0.0376. The Morgan fingerprint density at radius 1 is 1.19 bits per heavy atom. The highest BCUT2D eigenvalue weighted by Gasteiger charge is 2.28. The van der Waals surface area contributed by atoms with Gasteiger partial charge < -0.3 is 10.5 Å². The Bertz CT molecular complexity index is 336. The molecule has 2 heteroatoms. The zero-order valence-electron chi connectivity index (χ0n) is 10.2. The van der Waals surface area contributed by atoms with Crippen LogP contribution in [0.2, 0.25) is 0 Å². The molecule has 0 atom stereocenters. The number of rotatable bonds is 4. The Hall–Kier alpha value is -0.860. The number of ether oxygens (including phenoxy) is 1. The van der Waals surface area contributed by atoms with Crippen LogP contribution in [-0.2, 0) is 11.3 Å². The molecule has 1 fully saturated rings. The molecular weight excluding hydrogens is 198 g/mol. The molecule has 1 aliphatic carbocycles. The van der Waals surface area contributed by atoms with Gasteiger partial charge in [0.25, 0.3) is 0 Å². The minimum absolute atomic E-state index is 0.439. The summed E-state index contributed by atoms with van der Waals surface area (Å²) < 4.78 is 5.85. The number of hydrogen-bond donors (Lipinski definition) is 1. The SMILES string of the molecule is Cc1cc(C)cc(COC2CC(CN)C2)c1. The van der Waals surface area contributed by atoms with Crippen molar-refractivity contribution in [1.29, 1.82) is 0 Å². The van der Waals surface area contributed by atoms with Crippen molar-refractivity contribution < 1.29 is 4.74 Å². The molecule has 16 heavy (non-hydrogen) atoms. The summed E-state index contributed by atoms with van der Waals surface area (Å²) in [7, 11) is 0. The van der Waals surface area contributed by atoms with Crippen LogP contribution in [0.4, 0.5) is 0 Å². The first-order valence-corrected chi connectivity index (χ1v) is 6.06. The summed E-state index contributed by atoms with van der Waals surface area (Å²) in [5.41, 5.74) is 9.50. The first kappa shape index (κ1) is 11.6.